The molecule has 0 heterocycles. The number of sulfonamides is 1. The minimum atomic E-state index is -3.99. The number of benzene rings is 1. The lowest BCUT2D eigenvalue weighted by atomic mass is 10.2. The number of aliphatic hydroxyl groups excluding tert-OH is 1. The Labute approximate surface area is 105 Å². The highest BCUT2D eigenvalue weighted by Crippen LogP contribution is 2.14. The zero-order valence-corrected chi connectivity index (χ0v) is 10.8. The van der Waals surface area contributed by atoms with Crippen molar-refractivity contribution in [2.24, 2.45) is 0 Å². The fourth-order valence-corrected chi connectivity index (χ4v) is 2.87. The van der Waals surface area contributed by atoms with Gasteiger partial charge >= 0.3 is 0 Å². The van der Waals surface area contributed by atoms with Crippen molar-refractivity contribution in [3.05, 3.63) is 29.8 Å². The average Bonchev–Trinajstić information content (AvgIpc) is 2.13. The molecular weight excluding hydrogens is 264 g/mol. The van der Waals surface area contributed by atoms with Crippen LogP contribution in [-0.2, 0) is 10.0 Å². The molecule has 7 heteroatoms. The highest BCUT2D eigenvalue weighted by atomic mass is 32.2. The Bertz CT molecular complexity index is 497. The van der Waals surface area contributed by atoms with Gasteiger partial charge in [-0.3, -0.25) is 0 Å². The van der Waals surface area contributed by atoms with Crippen LogP contribution in [0.2, 0.25) is 0 Å². The van der Waals surface area contributed by atoms with Gasteiger partial charge < -0.3 is 5.11 Å². The van der Waals surface area contributed by atoms with Gasteiger partial charge in [0.15, 0.2) is 0 Å². The Morgan fingerprint density at radius 2 is 1.72 bits per heavy atom. The Kier molecular flexibility index (Phi) is 4.78. The summed E-state index contributed by atoms with van der Waals surface area (Å²) in [5.41, 5.74) is 0. The van der Waals surface area contributed by atoms with Gasteiger partial charge in [0.2, 0.25) is 10.0 Å². The third kappa shape index (κ3) is 4.32. The molecule has 0 bridgehead atoms. The molecule has 18 heavy (non-hydrogen) atoms. The van der Waals surface area contributed by atoms with Crippen LogP contribution < -0.4 is 4.72 Å². The maximum absolute atomic E-state index is 12.9. The first-order chi connectivity index (χ1) is 8.20. The van der Waals surface area contributed by atoms with E-state index in [9.17, 15) is 17.2 Å². The van der Waals surface area contributed by atoms with Crippen molar-refractivity contribution in [2.45, 2.75) is 37.3 Å². The number of aliphatic hydroxyl groups is 1. The van der Waals surface area contributed by atoms with E-state index in [0.717, 1.165) is 12.1 Å². The molecule has 102 valence electrons. The molecular formula is C11H15F2NO3S. The molecule has 0 fully saturated rings. The fourth-order valence-electron chi connectivity index (χ4n) is 1.58. The summed E-state index contributed by atoms with van der Waals surface area (Å²) in [6, 6.07) is 1.53. The van der Waals surface area contributed by atoms with Crippen molar-refractivity contribution in [1.29, 1.82) is 0 Å². The SMILES string of the molecule is CC(O)CC(C)NS(=O)(=O)c1cc(F)cc(F)c1. The van der Waals surface area contributed by atoms with E-state index in [1.165, 1.54) is 6.92 Å². The van der Waals surface area contributed by atoms with Gasteiger partial charge in [0, 0.05) is 12.1 Å². The predicted molar refractivity (Wildman–Crippen MR) is 62.4 cm³/mol. The van der Waals surface area contributed by atoms with E-state index in [-0.39, 0.29) is 6.42 Å². The Morgan fingerprint density at radius 3 is 2.17 bits per heavy atom. The predicted octanol–water partition coefficient (Wildman–Crippen LogP) is 1.40. The van der Waals surface area contributed by atoms with Crippen LogP contribution in [0.4, 0.5) is 8.78 Å². The average molecular weight is 279 g/mol. The van der Waals surface area contributed by atoms with E-state index in [1.54, 1.807) is 6.92 Å². The zero-order valence-electron chi connectivity index (χ0n) is 10.0. The normalized spacial score (nSPS) is 15.4. The highest BCUT2D eigenvalue weighted by Gasteiger charge is 2.19. The lowest BCUT2D eigenvalue weighted by Crippen LogP contribution is -2.34. The van der Waals surface area contributed by atoms with Gasteiger partial charge in [0.25, 0.3) is 0 Å². The van der Waals surface area contributed by atoms with Crippen molar-refractivity contribution in [3.8, 4) is 0 Å². The first kappa shape index (κ1) is 15.0. The van der Waals surface area contributed by atoms with Crippen LogP contribution in [0.15, 0.2) is 23.1 Å². The van der Waals surface area contributed by atoms with Crippen LogP contribution in [-0.4, -0.2) is 25.7 Å². The number of nitrogens with one attached hydrogen (secondary N) is 1. The van der Waals surface area contributed by atoms with E-state index in [2.05, 4.69) is 4.72 Å². The second kappa shape index (κ2) is 5.73. The summed E-state index contributed by atoms with van der Waals surface area (Å²) in [6.45, 7) is 3.08. The van der Waals surface area contributed by atoms with Crippen molar-refractivity contribution in [1.82, 2.24) is 4.72 Å². The van der Waals surface area contributed by atoms with Crippen molar-refractivity contribution < 1.29 is 22.3 Å². The summed E-state index contributed by atoms with van der Waals surface area (Å²) < 4.78 is 51.7. The molecule has 0 saturated heterocycles. The standard InChI is InChI=1S/C11H15F2NO3S/c1-7(3-8(2)15)14-18(16,17)11-5-9(12)4-10(13)6-11/h4-8,14-15H,3H2,1-2H3. The molecule has 1 rings (SSSR count). The van der Waals surface area contributed by atoms with E-state index < -0.39 is 38.7 Å². The monoisotopic (exact) mass is 279 g/mol. The topological polar surface area (TPSA) is 66.4 Å². The summed E-state index contributed by atoms with van der Waals surface area (Å²) in [5, 5.41) is 9.12. The van der Waals surface area contributed by atoms with E-state index in [0.29, 0.717) is 6.07 Å². The van der Waals surface area contributed by atoms with Crippen LogP contribution in [0.5, 0.6) is 0 Å². The summed E-state index contributed by atoms with van der Waals surface area (Å²) in [7, 11) is -3.99. The molecule has 0 saturated carbocycles. The van der Waals surface area contributed by atoms with Gasteiger partial charge in [-0.15, -0.1) is 0 Å². The van der Waals surface area contributed by atoms with Crippen molar-refractivity contribution in [2.75, 3.05) is 0 Å². The second-order valence-corrected chi connectivity index (χ2v) is 5.93. The molecule has 1 aromatic rings. The quantitative estimate of drug-likeness (QED) is 0.856. The summed E-state index contributed by atoms with van der Waals surface area (Å²) in [5.74, 6) is -1.92. The van der Waals surface area contributed by atoms with Crippen LogP contribution >= 0.6 is 0 Å². The van der Waals surface area contributed by atoms with Gasteiger partial charge in [0.1, 0.15) is 11.6 Å². The Balaban J connectivity index is 2.92. The van der Waals surface area contributed by atoms with Crippen molar-refractivity contribution in [3.63, 3.8) is 0 Å². The minimum Gasteiger partial charge on any atom is -0.393 e. The van der Waals surface area contributed by atoms with Gasteiger partial charge in [0.05, 0.1) is 11.0 Å². The van der Waals surface area contributed by atoms with Crippen LogP contribution in [0.3, 0.4) is 0 Å². The smallest absolute Gasteiger partial charge is 0.241 e. The Morgan fingerprint density at radius 1 is 1.22 bits per heavy atom. The van der Waals surface area contributed by atoms with Gasteiger partial charge in [-0.1, -0.05) is 0 Å². The second-order valence-electron chi connectivity index (χ2n) is 4.21. The maximum atomic E-state index is 12.9. The van der Waals surface area contributed by atoms with Crippen LogP contribution in [0.25, 0.3) is 0 Å². The molecule has 1 aromatic carbocycles. The fraction of sp³-hybridized carbons (Fsp3) is 0.455. The molecule has 2 atom stereocenters. The largest absolute Gasteiger partial charge is 0.393 e. The molecule has 4 nitrogen and oxygen atoms in total. The molecule has 0 radical (unpaired) electrons. The molecule has 0 spiro atoms. The molecule has 0 aliphatic rings. The third-order valence-corrected chi connectivity index (χ3v) is 3.77. The van der Waals surface area contributed by atoms with Gasteiger partial charge in [-0.05, 0) is 32.4 Å². The van der Waals surface area contributed by atoms with E-state index in [1.807, 2.05) is 0 Å². The molecule has 0 aromatic heterocycles. The number of rotatable bonds is 5. The molecule has 2 unspecified atom stereocenters. The number of halogens is 2. The molecule has 2 N–H and O–H groups in total. The van der Waals surface area contributed by atoms with Crippen LogP contribution in [0.1, 0.15) is 20.3 Å². The zero-order chi connectivity index (χ0) is 13.9. The van der Waals surface area contributed by atoms with Crippen LogP contribution in [0, 0.1) is 11.6 Å². The Hall–Kier alpha value is -1.05. The summed E-state index contributed by atoms with van der Waals surface area (Å²) >= 11 is 0. The summed E-state index contributed by atoms with van der Waals surface area (Å²) in [6.07, 6.45) is -0.469. The van der Waals surface area contributed by atoms with Gasteiger partial charge in [-0.2, -0.15) is 0 Å². The first-order valence-corrected chi connectivity index (χ1v) is 6.85. The number of hydrogen-bond acceptors (Lipinski definition) is 3. The summed E-state index contributed by atoms with van der Waals surface area (Å²) in [4.78, 5) is -0.475. The van der Waals surface area contributed by atoms with E-state index >= 15 is 0 Å². The first-order valence-electron chi connectivity index (χ1n) is 5.37. The highest BCUT2D eigenvalue weighted by molar-refractivity contribution is 7.89. The van der Waals surface area contributed by atoms with Gasteiger partial charge in [-0.25, -0.2) is 21.9 Å². The maximum Gasteiger partial charge on any atom is 0.241 e. The minimum absolute atomic E-state index is 0.205. The lowest BCUT2D eigenvalue weighted by Gasteiger charge is -2.15. The third-order valence-electron chi connectivity index (χ3n) is 2.20. The number of hydrogen-bond donors (Lipinski definition) is 2. The molecule has 0 aliphatic carbocycles. The molecule has 0 aliphatic heterocycles. The van der Waals surface area contributed by atoms with E-state index in [4.69, 9.17) is 5.11 Å². The van der Waals surface area contributed by atoms with Crippen molar-refractivity contribution >= 4 is 10.0 Å². The lowest BCUT2D eigenvalue weighted by molar-refractivity contribution is 0.175. The molecule has 0 amide bonds.